The molecule has 2 amide bonds. The van der Waals surface area contributed by atoms with E-state index < -0.39 is 15.9 Å². The van der Waals surface area contributed by atoms with Crippen LogP contribution in [-0.2, 0) is 32.6 Å². The molecule has 1 heterocycles. The molecule has 3 aromatic rings. The molecular weight excluding hydrogens is 614 g/mol. The molecule has 0 radical (unpaired) electrons. The molecule has 0 saturated heterocycles. The van der Waals surface area contributed by atoms with E-state index in [4.69, 9.17) is 16.3 Å². The van der Waals surface area contributed by atoms with Gasteiger partial charge in [0.15, 0.2) is 0 Å². The summed E-state index contributed by atoms with van der Waals surface area (Å²) in [6.45, 7) is 2.57. The van der Waals surface area contributed by atoms with Crippen LogP contribution in [0.5, 0.6) is 0 Å². The molecule has 242 valence electrons. The highest BCUT2D eigenvalue weighted by atomic mass is 35.5. The van der Waals surface area contributed by atoms with Crippen molar-refractivity contribution in [2.75, 3.05) is 6.54 Å². The topological polar surface area (TPSA) is 132 Å². The number of sulfonamides is 1. The first kappa shape index (κ1) is 35.7. The number of halogens is 1. The van der Waals surface area contributed by atoms with E-state index in [-0.39, 0.29) is 34.5 Å². The molecule has 0 spiro atoms. The molecule has 0 atom stereocenters. The second kappa shape index (κ2) is 18.9. The maximum absolute atomic E-state index is 12.8. The Morgan fingerprint density at radius 1 is 0.778 bits per heavy atom. The van der Waals surface area contributed by atoms with Gasteiger partial charge in [-0.15, -0.1) is 0 Å². The number of esters is 1. The molecule has 0 bridgehead atoms. The highest BCUT2D eigenvalue weighted by Crippen LogP contribution is 2.14. The zero-order valence-electron chi connectivity index (χ0n) is 25.7. The first-order valence-corrected chi connectivity index (χ1v) is 17.3. The number of ether oxygens (including phenoxy) is 1. The Kier molecular flexibility index (Phi) is 15.0. The van der Waals surface area contributed by atoms with Gasteiger partial charge in [-0.3, -0.25) is 19.4 Å². The van der Waals surface area contributed by atoms with Gasteiger partial charge in [0.2, 0.25) is 0 Å². The third kappa shape index (κ3) is 13.0. The third-order valence-electron chi connectivity index (χ3n) is 7.22. The van der Waals surface area contributed by atoms with E-state index in [0.717, 1.165) is 24.8 Å². The molecule has 45 heavy (non-hydrogen) atoms. The van der Waals surface area contributed by atoms with E-state index in [9.17, 15) is 22.8 Å². The quantitative estimate of drug-likeness (QED) is 0.107. The van der Waals surface area contributed by atoms with Gasteiger partial charge in [0.1, 0.15) is 6.61 Å². The number of unbranched alkanes of at least 4 members (excludes halogenated alkanes) is 8. The molecule has 2 N–H and O–H groups in total. The summed E-state index contributed by atoms with van der Waals surface area (Å²) < 4.78 is 32.8. The van der Waals surface area contributed by atoms with Gasteiger partial charge in [-0.1, -0.05) is 82.0 Å². The van der Waals surface area contributed by atoms with Gasteiger partial charge in [-0.05, 0) is 66.9 Å². The van der Waals surface area contributed by atoms with Crippen LogP contribution in [-0.4, -0.2) is 37.7 Å². The van der Waals surface area contributed by atoms with Crippen molar-refractivity contribution in [2.45, 2.75) is 89.1 Å². The normalized spacial score (nSPS) is 11.2. The number of carbonyl (C=O) groups is 3. The summed E-state index contributed by atoms with van der Waals surface area (Å²) in [5.41, 5.74) is 1.77. The Labute approximate surface area is 271 Å². The number of carbonyl (C=O) groups excluding carboxylic acids is 3. The van der Waals surface area contributed by atoms with Crippen molar-refractivity contribution < 1.29 is 27.5 Å². The van der Waals surface area contributed by atoms with E-state index >= 15 is 0 Å². The summed E-state index contributed by atoms with van der Waals surface area (Å²) in [6, 6.07) is 15.5. The molecule has 0 aliphatic carbocycles. The lowest BCUT2D eigenvalue weighted by atomic mass is 10.1. The standard InChI is InChI=1S/C34H42ClN3O6S/c1-2-3-4-5-6-7-8-9-10-11-32(39)44-25-30-19-14-28(24-37-30)34(41)38-45(42,43)31-20-15-27(16-21-31)33(40)36-23-22-26-12-17-29(35)18-13-26/h12-21,24H,2-11,22-23,25H2,1H3,(H,36,40)(H,38,41). The van der Waals surface area contributed by atoms with E-state index in [0.29, 0.717) is 30.1 Å². The van der Waals surface area contributed by atoms with Gasteiger partial charge in [0.05, 0.1) is 16.2 Å². The smallest absolute Gasteiger partial charge is 0.306 e. The van der Waals surface area contributed by atoms with E-state index in [1.165, 1.54) is 81.1 Å². The van der Waals surface area contributed by atoms with Crippen molar-refractivity contribution in [2.24, 2.45) is 0 Å². The summed E-state index contributed by atoms with van der Waals surface area (Å²) in [7, 11) is -4.20. The molecule has 2 aromatic carbocycles. The summed E-state index contributed by atoms with van der Waals surface area (Å²) in [5, 5.41) is 3.43. The Balaban J connectivity index is 1.38. The predicted molar refractivity (Wildman–Crippen MR) is 174 cm³/mol. The highest BCUT2D eigenvalue weighted by Gasteiger charge is 2.20. The van der Waals surface area contributed by atoms with E-state index in [1.54, 1.807) is 12.1 Å². The summed E-state index contributed by atoms with van der Waals surface area (Å²) in [6.07, 6.45) is 12.7. The fourth-order valence-electron chi connectivity index (χ4n) is 4.55. The maximum atomic E-state index is 12.8. The molecule has 11 heteroatoms. The van der Waals surface area contributed by atoms with Crippen molar-refractivity contribution >= 4 is 39.4 Å². The predicted octanol–water partition coefficient (Wildman–Crippen LogP) is 6.79. The number of aromatic nitrogens is 1. The number of pyridine rings is 1. The average Bonchev–Trinajstić information content (AvgIpc) is 3.04. The second-order valence-electron chi connectivity index (χ2n) is 10.9. The SMILES string of the molecule is CCCCCCCCCCCC(=O)OCc1ccc(C(=O)NS(=O)(=O)c2ccc(C(=O)NCCc3ccc(Cl)cc3)cc2)cn1. The van der Waals surface area contributed by atoms with Gasteiger partial charge in [-0.2, -0.15) is 0 Å². The molecule has 0 fully saturated rings. The van der Waals surface area contributed by atoms with Crippen LogP contribution < -0.4 is 10.0 Å². The lowest BCUT2D eigenvalue weighted by molar-refractivity contribution is -0.145. The van der Waals surface area contributed by atoms with Gasteiger partial charge in [0.25, 0.3) is 21.8 Å². The lowest BCUT2D eigenvalue weighted by Gasteiger charge is -2.09. The number of hydrogen-bond donors (Lipinski definition) is 2. The van der Waals surface area contributed by atoms with Crippen LogP contribution in [0.2, 0.25) is 5.02 Å². The third-order valence-corrected chi connectivity index (χ3v) is 8.82. The molecule has 0 aliphatic rings. The number of hydrogen-bond acceptors (Lipinski definition) is 7. The molecule has 0 saturated carbocycles. The number of benzene rings is 2. The monoisotopic (exact) mass is 655 g/mol. The van der Waals surface area contributed by atoms with Crippen molar-refractivity contribution in [1.82, 2.24) is 15.0 Å². The molecule has 9 nitrogen and oxygen atoms in total. The highest BCUT2D eigenvalue weighted by molar-refractivity contribution is 7.90. The van der Waals surface area contributed by atoms with Crippen LogP contribution in [0, 0.1) is 0 Å². The molecule has 1 aromatic heterocycles. The Hall–Kier alpha value is -3.76. The Morgan fingerprint density at radius 3 is 2.02 bits per heavy atom. The van der Waals surface area contributed by atoms with Crippen molar-refractivity contribution in [3.8, 4) is 0 Å². The largest absolute Gasteiger partial charge is 0.459 e. The van der Waals surface area contributed by atoms with Crippen LogP contribution in [0.25, 0.3) is 0 Å². The summed E-state index contributed by atoms with van der Waals surface area (Å²) in [4.78, 5) is 41.1. The molecule has 0 aliphatic heterocycles. The van der Waals surface area contributed by atoms with Gasteiger partial charge in [0, 0.05) is 29.7 Å². The minimum atomic E-state index is -4.20. The summed E-state index contributed by atoms with van der Waals surface area (Å²) in [5.74, 6) is -1.51. The van der Waals surface area contributed by atoms with Gasteiger partial charge >= 0.3 is 5.97 Å². The molecular formula is C34H42ClN3O6S. The van der Waals surface area contributed by atoms with Crippen LogP contribution in [0.4, 0.5) is 0 Å². The fourth-order valence-corrected chi connectivity index (χ4v) is 5.65. The number of nitrogens with one attached hydrogen (secondary N) is 2. The zero-order valence-corrected chi connectivity index (χ0v) is 27.3. The summed E-state index contributed by atoms with van der Waals surface area (Å²) >= 11 is 5.88. The fraction of sp³-hybridized carbons (Fsp3) is 0.412. The van der Waals surface area contributed by atoms with E-state index in [1.807, 2.05) is 16.9 Å². The van der Waals surface area contributed by atoms with E-state index in [2.05, 4.69) is 17.2 Å². The molecule has 3 rings (SSSR count). The average molecular weight is 656 g/mol. The lowest BCUT2D eigenvalue weighted by Crippen LogP contribution is -2.31. The van der Waals surface area contributed by atoms with Crippen molar-refractivity contribution in [3.05, 3.63) is 94.3 Å². The van der Waals surface area contributed by atoms with Crippen LogP contribution >= 0.6 is 11.6 Å². The number of nitrogens with zero attached hydrogens (tertiary/aromatic N) is 1. The first-order chi connectivity index (χ1) is 21.7. The Morgan fingerprint density at radius 2 is 1.40 bits per heavy atom. The van der Waals surface area contributed by atoms with Crippen LogP contribution in [0.1, 0.15) is 103 Å². The van der Waals surface area contributed by atoms with Gasteiger partial charge in [-0.25, -0.2) is 13.1 Å². The van der Waals surface area contributed by atoms with Gasteiger partial charge < -0.3 is 10.1 Å². The first-order valence-electron chi connectivity index (χ1n) is 15.5. The zero-order chi connectivity index (χ0) is 32.5. The van der Waals surface area contributed by atoms with Crippen LogP contribution in [0.15, 0.2) is 71.8 Å². The molecule has 0 unspecified atom stereocenters. The van der Waals surface area contributed by atoms with Crippen LogP contribution in [0.3, 0.4) is 0 Å². The minimum absolute atomic E-state index is 0.0278. The second-order valence-corrected chi connectivity index (χ2v) is 13.0. The number of amides is 2. The Bertz CT molecular complexity index is 1480. The minimum Gasteiger partial charge on any atom is -0.459 e. The maximum Gasteiger partial charge on any atom is 0.306 e. The van der Waals surface area contributed by atoms with Crippen molar-refractivity contribution in [1.29, 1.82) is 0 Å². The number of rotatable bonds is 19. The van der Waals surface area contributed by atoms with Crippen molar-refractivity contribution in [3.63, 3.8) is 0 Å².